The summed E-state index contributed by atoms with van der Waals surface area (Å²) < 4.78 is 23.5. The largest absolute Gasteiger partial charge is 0.304 e. The number of carbonyl (C=O) groups excluding carboxylic acids is 1. The average molecular weight is 463 g/mol. The van der Waals surface area contributed by atoms with Crippen LogP contribution in [0.4, 0.5) is 11.4 Å². The Morgan fingerprint density at radius 2 is 2.00 bits per heavy atom. The third-order valence-corrected chi connectivity index (χ3v) is 5.89. The average Bonchev–Trinajstić information content (AvgIpc) is 2.70. The normalized spacial score (nSPS) is 19.1. The lowest BCUT2D eigenvalue weighted by atomic mass is 10.2. The van der Waals surface area contributed by atoms with Crippen LogP contribution in [-0.4, -0.2) is 31.0 Å². The van der Waals surface area contributed by atoms with Crippen molar-refractivity contribution >= 4 is 68.9 Å². The summed E-state index contributed by atoms with van der Waals surface area (Å²) in [6, 6.07) is 2.79. The molecule has 0 bridgehead atoms. The van der Waals surface area contributed by atoms with E-state index < -0.39 is 25.1 Å². The Morgan fingerprint density at radius 3 is 2.48 bits per heavy atom. The van der Waals surface area contributed by atoms with E-state index in [2.05, 4.69) is 31.9 Å². The van der Waals surface area contributed by atoms with Crippen LogP contribution in [0.2, 0.25) is 0 Å². The first-order valence-electron chi connectivity index (χ1n) is 5.48. The molecule has 0 radical (unpaired) electrons. The zero-order valence-electron chi connectivity index (χ0n) is 10.1. The van der Waals surface area contributed by atoms with Gasteiger partial charge in [0, 0.05) is 38.7 Å². The Hall–Kier alpha value is -0.710. The van der Waals surface area contributed by atoms with E-state index in [9.17, 15) is 23.3 Å². The number of carbonyl (C=O) groups is 1. The van der Waals surface area contributed by atoms with Crippen molar-refractivity contribution in [1.29, 1.82) is 0 Å². The second-order valence-corrected chi connectivity index (χ2v) is 9.00. The molecule has 1 saturated heterocycles. The maximum absolute atomic E-state index is 12.0. The topological polar surface area (TPSA) is 97.6 Å². The van der Waals surface area contributed by atoms with Gasteiger partial charge in [-0.1, -0.05) is 15.9 Å². The predicted molar refractivity (Wildman–Crippen MR) is 84.0 cm³/mol. The molecule has 1 fully saturated rings. The van der Waals surface area contributed by atoms with Gasteiger partial charge >= 0.3 is 0 Å². The highest BCUT2D eigenvalue weighted by Crippen LogP contribution is 2.41. The van der Waals surface area contributed by atoms with Gasteiger partial charge in [-0.25, -0.2) is 8.42 Å². The number of nitrogens with zero attached hydrogens (tertiary/aromatic N) is 2. The van der Waals surface area contributed by atoms with E-state index in [1.54, 1.807) is 0 Å². The maximum Gasteiger partial charge on any atom is 0.295 e. The summed E-state index contributed by atoms with van der Waals surface area (Å²) in [7, 11) is 1.35. The molecule has 1 aliphatic heterocycles. The molecule has 0 aliphatic carbocycles. The second-order valence-electron chi connectivity index (χ2n) is 4.32. The molecule has 0 saturated carbocycles. The van der Waals surface area contributed by atoms with Gasteiger partial charge in [-0.05, 0) is 22.0 Å². The highest BCUT2D eigenvalue weighted by molar-refractivity contribution is 9.11. The van der Waals surface area contributed by atoms with E-state index in [1.807, 2.05) is 0 Å². The van der Waals surface area contributed by atoms with E-state index in [-0.39, 0.29) is 24.3 Å². The molecular weight excluding hydrogens is 455 g/mol. The molecular formula is C10H7Br2ClN2O5S. The van der Waals surface area contributed by atoms with Crippen molar-refractivity contribution in [1.82, 2.24) is 0 Å². The first-order valence-corrected chi connectivity index (χ1v) is 9.44. The summed E-state index contributed by atoms with van der Waals surface area (Å²) in [5.74, 6) is -0.532. The third-order valence-electron chi connectivity index (χ3n) is 2.96. The number of amides is 1. The van der Waals surface area contributed by atoms with Crippen molar-refractivity contribution in [2.45, 2.75) is 11.7 Å². The third kappa shape index (κ3) is 3.38. The molecule has 0 spiro atoms. The van der Waals surface area contributed by atoms with Gasteiger partial charge in [-0.2, -0.15) is 0 Å². The molecule has 11 heteroatoms. The van der Waals surface area contributed by atoms with Gasteiger partial charge in [0.15, 0.2) is 0 Å². The summed E-state index contributed by atoms with van der Waals surface area (Å²) in [6.07, 6.45) is -0.300. The highest BCUT2D eigenvalue weighted by Gasteiger charge is 2.41. The van der Waals surface area contributed by atoms with Crippen LogP contribution in [0.3, 0.4) is 0 Å². The number of anilines is 1. The standard InChI is InChI=1S/C10H7Br2ClN2O5S/c11-5-1-7(12)10(8(2-5)15(17)18)14-4-6(3-9(14)16)21(13,19)20/h1-2,6H,3-4H2. The Balaban J connectivity index is 2.53. The summed E-state index contributed by atoms with van der Waals surface area (Å²) in [5, 5.41) is 10.1. The first kappa shape index (κ1) is 16.7. The molecule has 2 rings (SSSR count). The number of nitro groups is 1. The van der Waals surface area contributed by atoms with Crippen LogP contribution in [0, 0.1) is 10.1 Å². The summed E-state index contributed by atoms with van der Waals surface area (Å²) >= 11 is 6.29. The van der Waals surface area contributed by atoms with Crippen molar-refractivity contribution in [3.05, 3.63) is 31.2 Å². The van der Waals surface area contributed by atoms with Crippen molar-refractivity contribution in [2.24, 2.45) is 0 Å². The van der Waals surface area contributed by atoms with Crippen molar-refractivity contribution < 1.29 is 18.1 Å². The molecule has 1 atom stereocenters. The van der Waals surface area contributed by atoms with Gasteiger partial charge in [-0.15, -0.1) is 0 Å². The summed E-state index contributed by atoms with van der Waals surface area (Å²) in [6.45, 7) is -0.217. The van der Waals surface area contributed by atoms with E-state index in [1.165, 1.54) is 12.1 Å². The number of halogens is 3. The minimum Gasteiger partial charge on any atom is -0.304 e. The lowest BCUT2D eigenvalue weighted by Gasteiger charge is -2.18. The molecule has 1 unspecified atom stereocenters. The number of nitro benzene ring substituents is 1. The van der Waals surface area contributed by atoms with Gasteiger partial charge < -0.3 is 4.90 Å². The van der Waals surface area contributed by atoms with Crippen LogP contribution in [-0.2, 0) is 13.8 Å². The molecule has 1 amide bonds. The van der Waals surface area contributed by atoms with Gasteiger partial charge in [0.25, 0.3) is 5.69 Å². The molecule has 1 heterocycles. The molecule has 114 valence electrons. The predicted octanol–water partition coefficient (Wildman–Crippen LogP) is 2.79. The minimum atomic E-state index is -3.92. The van der Waals surface area contributed by atoms with Gasteiger partial charge in [0.05, 0.1) is 4.92 Å². The van der Waals surface area contributed by atoms with E-state index in [0.717, 1.165) is 4.90 Å². The Bertz CT molecular complexity index is 739. The SMILES string of the molecule is O=C1CC(S(=O)(=O)Cl)CN1c1c(Br)cc(Br)cc1[N+](=O)[O-]. The smallest absolute Gasteiger partial charge is 0.295 e. The molecule has 1 aliphatic rings. The van der Waals surface area contributed by atoms with Gasteiger partial charge in [0.1, 0.15) is 10.9 Å². The van der Waals surface area contributed by atoms with E-state index in [0.29, 0.717) is 8.95 Å². The lowest BCUT2D eigenvalue weighted by molar-refractivity contribution is -0.384. The van der Waals surface area contributed by atoms with E-state index >= 15 is 0 Å². The van der Waals surface area contributed by atoms with Gasteiger partial charge in [0.2, 0.25) is 15.0 Å². The van der Waals surface area contributed by atoms with Crippen molar-refractivity contribution in [2.75, 3.05) is 11.4 Å². The Labute approximate surface area is 141 Å². The molecule has 0 aromatic heterocycles. The summed E-state index contributed by atoms with van der Waals surface area (Å²) in [5.41, 5.74) is -0.284. The zero-order chi connectivity index (χ0) is 15.9. The monoisotopic (exact) mass is 460 g/mol. The minimum absolute atomic E-state index is 0.0241. The number of hydrogen-bond donors (Lipinski definition) is 0. The first-order chi connectivity index (χ1) is 9.61. The Morgan fingerprint density at radius 1 is 1.38 bits per heavy atom. The van der Waals surface area contributed by atoms with Crippen LogP contribution in [0.15, 0.2) is 21.1 Å². The van der Waals surface area contributed by atoms with Crippen LogP contribution < -0.4 is 4.90 Å². The molecule has 1 aromatic rings. The fourth-order valence-electron chi connectivity index (χ4n) is 2.04. The quantitative estimate of drug-likeness (QED) is 0.391. The van der Waals surface area contributed by atoms with E-state index in [4.69, 9.17) is 10.7 Å². The van der Waals surface area contributed by atoms with Crippen LogP contribution in [0.5, 0.6) is 0 Å². The fourth-order valence-corrected chi connectivity index (χ4v) is 4.48. The lowest BCUT2D eigenvalue weighted by Crippen LogP contribution is -2.27. The van der Waals surface area contributed by atoms with Crippen LogP contribution in [0.1, 0.15) is 6.42 Å². The fraction of sp³-hybridized carbons (Fsp3) is 0.300. The number of benzene rings is 1. The zero-order valence-corrected chi connectivity index (χ0v) is 14.9. The highest BCUT2D eigenvalue weighted by atomic mass is 79.9. The van der Waals surface area contributed by atoms with Crippen molar-refractivity contribution in [3.63, 3.8) is 0 Å². The van der Waals surface area contributed by atoms with Crippen LogP contribution in [0.25, 0.3) is 0 Å². The van der Waals surface area contributed by atoms with Gasteiger partial charge in [-0.3, -0.25) is 14.9 Å². The summed E-state index contributed by atoms with van der Waals surface area (Å²) in [4.78, 5) is 23.6. The second kappa shape index (κ2) is 5.82. The van der Waals surface area contributed by atoms with Crippen LogP contribution >= 0.6 is 42.5 Å². The molecule has 1 aromatic carbocycles. The maximum atomic E-state index is 12.0. The molecule has 21 heavy (non-hydrogen) atoms. The number of rotatable bonds is 3. The molecule has 7 nitrogen and oxygen atoms in total. The molecule has 0 N–H and O–H groups in total. The van der Waals surface area contributed by atoms with Crippen molar-refractivity contribution in [3.8, 4) is 0 Å². The number of hydrogen-bond acceptors (Lipinski definition) is 5. The Kier molecular flexibility index (Phi) is 4.62.